The highest BCUT2D eigenvalue weighted by molar-refractivity contribution is 6.06. The third-order valence-corrected chi connectivity index (χ3v) is 7.26. The van der Waals surface area contributed by atoms with E-state index < -0.39 is 6.04 Å². The maximum absolute atomic E-state index is 13.9. The van der Waals surface area contributed by atoms with Gasteiger partial charge in [-0.15, -0.1) is 0 Å². The highest BCUT2D eigenvalue weighted by Crippen LogP contribution is 2.48. The summed E-state index contributed by atoms with van der Waals surface area (Å²) in [5, 5.41) is 3.60. The summed E-state index contributed by atoms with van der Waals surface area (Å²) in [7, 11) is 0. The van der Waals surface area contributed by atoms with Crippen LogP contribution in [0.4, 0.5) is 11.4 Å². The Morgan fingerprint density at radius 2 is 1.71 bits per heavy atom. The summed E-state index contributed by atoms with van der Waals surface area (Å²) in [4.78, 5) is 29.5. The van der Waals surface area contributed by atoms with Gasteiger partial charge >= 0.3 is 0 Å². The number of nitrogens with one attached hydrogen (secondary N) is 1. The number of benzene rings is 2. The average molecular weight is 473 g/mol. The van der Waals surface area contributed by atoms with E-state index in [-0.39, 0.29) is 22.5 Å². The largest absolute Gasteiger partial charge is 0.357 e. The number of ketones is 1. The van der Waals surface area contributed by atoms with E-state index in [0.29, 0.717) is 12.8 Å². The van der Waals surface area contributed by atoms with Crippen LogP contribution >= 0.6 is 0 Å². The molecular formula is C31H40N2O2. The van der Waals surface area contributed by atoms with Gasteiger partial charge in [-0.25, -0.2) is 0 Å². The summed E-state index contributed by atoms with van der Waals surface area (Å²) >= 11 is 0. The van der Waals surface area contributed by atoms with E-state index in [9.17, 15) is 9.59 Å². The van der Waals surface area contributed by atoms with Crippen LogP contribution in [-0.2, 0) is 15.0 Å². The maximum atomic E-state index is 13.9. The molecule has 0 aromatic heterocycles. The molecule has 4 nitrogen and oxygen atoms in total. The first-order chi connectivity index (χ1) is 16.5. The number of carbonyl (C=O) groups excluding carboxylic acids is 2. The van der Waals surface area contributed by atoms with Gasteiger partial charge in [0.2, 0.25) is 5.91 Å². The number of anilines is 2. The van der Waals surface area contributed by atoms with Crippen LogP contribution in [0.15, 0.2) is 59.8 Å². The van der Waals surface area contributed by atoms with Crippen LogP contribution in [0.25, 0.3) is 0 Å². The lowest BCUT2D eigenvalue weighted by atomic mass is 9.73. The van der Waals surface area contributed by atoms with Crippen molar-refractivity contribution in [2.24, 2.45) is 5.41 Å². The first-order valence-electron chi connectivity index (χ1n) is 13.1. The molecule has 1 aliphatic carbocycles. The van der Waals surface area contributed by atoms with Crippen LogP contribution in [0.5, 0.6) is 0 Å². The van der Waals surface area contributed by atoms with Gasteiger partial charge < -0.3 is 5.32 Å². The first kappa shape index (κ1) is 25.2. The fraction of sp³-hybridized carbons (Fsp3) is 0.484. The van der Waals surface area contributed by atoms with Crippen molar-refractivity contribution in [1.29, 1.82) is 0 Å². The van der Waals surface area contributed by atoms with Crippen molar-refractivity contribution in [3.05, 3.63) is 70.9 Å². The topological polar surface area (TPSA) is 49.4 Å². The lowest BCUT2D eigenvalue weighted by Crippen LogP contribution is -2.39. The molecular weight excluding hydrogens is 432 g/mol. The zero-order valence-corrected chi connectivity index (χ0v) is 22.2. The monoisotopic (exact) mass is 472 g/mol. The summed E-state index contributed by atoms with van der Waals surface area (Å²) in [6.45, 7) is 13.0. The first-order valence-corrected chi connectivity index (χ1v) is 13.1. The summed E-state index contributed by atoms with van der Waals surface area (Å²) < 4.78 is 0. The maximum Gasteiger partial charge on any atom is 0.227 e. The zero-order valence-electron chi connectivity index (χ0n) is 22.2. The van der Waals surface area contributed by atoms with Gasteiger partial charge in [0.1, 0.15) is 0 Å². The van der Waals surface area contributed by atoms with Crippen LogP contribution in [0.3, 0.4) is 0 Å². The predicted octanol–water partition coefficient (Wildman–Crippen LogP) is 7.71. The number of hydrogen-bond acceptors (Lipinski definition) is 3. The van der Waals surface area contributed by atoms with Crippen molar-refractivity contribution in [3.63, 3.8) is 0 Å². The van der Waals surface area contributed by atoms with Crippen molar-refractivity contribution < 1.29 is 9.59 Å². The fourth-order valence-corrected chi connectivity index (χ4v) is 5.39. The molecule has 1 amide bonds. The van der Waals surface area contributed by atoms with Gasteiger partial charge in [-0.05, 0) is 46.9 Å². The van der Waals surface area contributed by atoms with Crippen molar-refractivity contribution in [3.8, 4) is 0 Å². The SMILES string of the molecule is CCCCCC(=O)N1c2ccccc2NC2=C(C(=O)CC(C)(C)C2)[C@@H]1c1ccc(C(C)(C)C)cc1. The summed E-state index contributed by atoms with van der Waals surface area (Å²) in [6.07, 6.45) is 4.66. The second-order valence-electron chi connectivity index (χ2n) is 12.0. The van der Waals surface area contributed by atoms with E-state index >= 15 is 0 Å². The molecule has 0 bridgehead atoms. The molecule has 1 heterocycles. The van der Waals surface area contributed by atoms with E-state index in [1.807, 2.05) is 29.2 Å². The smallest absolute Gasteiger partial charge is 0.227 e. The number of carbonyl (C=O) groups is 2. The van der Waals surface area contributed by atoms with Gasteiger partial charge in [0.15, 0.2) is 5.78 Å². The third-order valence-electron chi connectivity index (χ3n) is 7.26. The molecule has 2 aromatic carbocycles. The molecule has 0 saturated carbocycles. The molecule has 1 atom stereocenters. The highest BCUT2D eigenvalue weighted by Gasteiger charge is 2.43. The molecule has 0 spiro atoms. The Hall–Kier alpha value is -2.88. The minimum atomic E-state index is -0.437. The number of nitrogens with zero attached hydrogens (tertiary/aromatic N) is 1. The second kappa shape index (κ2) is 9.64. The van der Waals surface area contributed by atoms with E-state index in [2.05, 4.69) is 71.1 Å². The number of allylic oxidation sites excluding steroid dienone is 1. The number of hydrogen-bond donors (Lipinski definition) is 1. The highest BCUT2D eigenvalue weighted by atomic mass is 16.2. The molecule has 0 unspecified atom stereocenters. The van der Waals surface area contributed by atoms with Crippen LogP contribution in [0.1, 0.15) is 97.2 Å². The van der Waals surface area contributed by atoms with Crippen LogP contribution in [-0.4, -0.2) is 11.7 Å². The Balaban J connectivity index is 1.91. The van der Waals surface area contributed by atoms with Gasteiger partial charge in [0, 0.05) is 24.1 Å². The molecule has 0 saturated heterocycles. The second-order valence-corrected chi connectivity index (χ2v) is 12.0. The standard InChI is InChI=1S/C31H40N2O2/c1-7-8-9-14-27(35)33-25-13-11-10-12-23(25)32-24-19-31(5,6)20-26(34)28(24)29(33)21-15-17-22(18-16-21)30(2,3)4/h10-13,15-18,29,32H,7-9,14,19-20H2,1-6H3/t29-/m0/s1. The molecule has 1 aliphatic heterocycles. The molecule has 4 rings (SSSR count). The number of fused-ring (bicyclic) bond motifs is 1. The number of unbranched alkanes of at least 4 members (excludes halogenated alkanes) is 2. The quantitative estimate of drug-likeness (QED) is 0.453. The summed E-state index contributed by atoms with van der Waals surface area (Å²) in [5.74, 6) is 0.205. The summed E-state index contributed by atoms with van der Waals surface area (Å²) in [5.41, 5.74) is 5.56. The Morgan fingerprint density at radius 3 is 2.37 bits per heavy atom. The number of amides is 1. The van der Waals surface area contributed by atoms with Crippen molar-refractivity contribution >= 4 is 23.1 Å². The van der Waals surface area contributed by atoms with Gasteiger partial charge in [-0.1, -0.05) is 90.8 Å². The minimum Gasteiger partial charge on any atom is -0.357 e. The lowest BCUT2D eigenvalue weighted by molar-refractivity contribution is -0.119. The normalized spacial score (nSPS) is 19.5. The Morgan fingerprint density at radius 1 is 1.03 bits per heavy atom. The van der Waals surface area contributed by atoms with Gasteiger partial charge in [0.05, 0.1) is 17.4 Å². The molecule has 1 N–H and O–H groups in total. The molecule has 35 heavy (non-hydrogen) atoms. The molecule has 2 aliphatic rings. The van der Waals surface area contributed by atoms with Crippen LogP contribution < -0.4 is 10.2 Å². The predicted molar refractivity (Wildman–Crippen MR) is 145 cm³/mol. The minimum absolute atomic E-state index is 0.0287. The molecule has 4 heteroatoms. The van der Waals surface area contributed by atoms with Gasteiger partial charge in [-0.2, -0.15) is 0 Å². The average Bonchev–Trinajstić information content (AvgIpc) is 2.92. The van der Waals surface area contributed by atoms with Crippen molar-refractivity contribution in [2.45, 2.75) is 91.5 Å². The number of para-hydroxylation sites is 2. The Bertz CT molecular complexity index is 1140. The van der Waals surface area contributed by atoms with Crippen LogP contribution in [0.2, 0.25) is 0 Å². The number of Topliss-reactive ketones (excluding diaryl/α,β-unsaturated/α-hetero) is 1. The summed E-state index contributed by atoms with van der Waals surface area (Å²) in [6, 6.07) is 16.1. The van der Waals surface area contributed by atoms with E-state index in [1.54, 1.807) is 0 Å². The Kier molecular flexibility index (Phi) is 6.95. The lowest BCUT2D eigenvalue weighted by Gasteiger charge is -2.37. The molecule has 2 aromatic rings. The molecule has 186 valence electrons. The Labute approximate surface area is 210 Å². The van der Waals surface area contributed by atoms with Crippen LogP contribution in [0, 0.1) is 5.41 Å². The van der Waals surface area contributed by atoms with Gasteiger partial charge in [-0.3, -0.25) is 14.5 Å². The molecule has 0 fully saturated rings. The van der Waals surface area contributed by atoms with E-state index in [1.165, 1.54) is 5.56 Å². The van der Waals surface area contributed by atoms with Crippen molar-refractivity contribution in [1.82, 2.24) is 0 Å². The van der Waals surface area contributed by atoms with E-state index in [4.69, 9.17) is 0 Å². The third kappa shape index (κ3) is 5.22. The molecule has 0 radical (unpaired) electrons. The van der Waals surface area contributed by atoms with Gasteiger partial charge in [0.25, 0.3) is 0 Å². The number of rotatable bonds is 5. The zero-order chi connectivity index (χ0) is 25.4. The van der Waals surface area contributed by atoms with E-state index in [0.717, 1.165) is 53.9 Å². The fourth-order valence-electron chi connectivity index (χ4n) is 5.39. The van der Waals surface area contributed by atoms with Crippen molar-refractivity contribution in [2.75, 3.05) is 10.2 Å².